The maximum absolute atomic E-state index is 6.42. The second kappa shape index (κ2) is 9.29. The Morgan fingerprint density at radius 2 is 1.68 bits per heavy atom. The molecule has 25 heavy (non-hydrogen) atoms. The lowest BCUT2D eigenvalue weighted by Gasteiger charge is -2.22. The third-order valence-electron chi connectivity index (χ3n) is 5.09. The Labute approximate surface area is 157 Å². The smallest absolute Gasteiger partial charge is 0.137 e. The van der Waals surface area contributed by atoms with Gasteiger partial charge in [0.25, 0.3) is 0 Å². The molecule has 1 aliphatic rings. The van der Waals surface area contributed by atoms with Gasteiger partial charge in [0.1, 0.15) is 5.75 Å². The average molecular weight is 356 g/mol. The number of ether oxygens (including phenoxy) is 1. The summed E-state index contributed by atoms with van der Waals surface area (Å²) >= 11 is 6.42. The van der Waals surface area contributed by atoms with Crippen molar-refractivity contribution in [2.45, 2.75) is 57.8 Å². The van der Waals surface area contributed by atoms with Crippen molar-refractivity contribution < 1.29 is 4.74 Å². The van der Waals surface area contributed by atoms with Crippen molar-refractivity contribution in [1.29, 1.82) is 0 Å². The van der Waals surface area contributed by atoms with Crippen LogP contribution in [0.2, 0.25) is 5.02 Å². The SMILES string of the molecule is CCCCCOc1ccc(-c2ccc(C3CC[CH]CC3)cc2)cc1Cl. The molecule has 0 amide bonds. The normalized spacial score (nSPS) is 15.3. The summed E-state index contributed by atoms with van der Waals surface area (Å²) < 4.78 is 5.79. The Morgan fingerprint density at radius 1 is 0.960 bits per heavy atom. The molecule has 0 unspecified atom stereocenters. The maximum Gasteiger partial charge on any atom is 0.137 e. The molecule has 0 N–H and O–H groups in total. The van der Waals surface area contributed by atoms with Gasteiger partial charge >= 0.3 is 0 Å². The van der Waals surface area contributed by atoms with E-state index in [1.54, 1.807) is 0 Å². The van der Waals surface area contributed by atoms with E-state index in [0.717, 1.165) is 30.3 Å². The van der Waals surface area contributed by atoms with E-state index in [2.05, 4.69) is 43.7 Å². The van der Waals surface area contributed by atoms with Gasteiger partial charge in [-0.15, -0.1) is 0 Å². The van der Waals surface area contributed by atoms with E-state index in [1.807, 2.05) is 12.1 Å². The third-order valence-corrected chi connectivity index (χ3v) is 5.39. The van der Waals surface area contributed by atoms with Crippen LogP contribution in [0.1, 0.15) is 63.4 Å². The molecule has 0 aliphatic heterocycles. The fourth-order valence-corrected chi connectivity index (χ4v) is 3.77. The number of hydrogen-bond acceptors (Lipinski definition) is 1. The van der Waals surface area contributed by atoms with Gasteiger partial charge in [0.05, 0.1) is 11.6 Å². The van der Waals surface area contributed by atoms with Crippen LogP contribution in [0.15, 0.2) is 42.5 Å². The van der Waals surface area contributed by atoms with Gasteiger partial charge in [0, 0.05) is 0 Å². The van der Waals surface area contributed by atoms with Crippen LogP contribution in [0.25, 0.3) is 11.1 Å². The van der Waals surface area contributed by atoms with Crippen molar-refractivity contribution >= 4 is 11.6 Å². The van der Waals surface area contributed by atoms with Crippen molar-refractivity contribution in [1.82, 2.24) is 0 Å². The predicted octanol–water partition coefficient (Wildman–Crippen LogP) is 7.44. The molecule has 2 heteroatoms. The Balaban J connectivity index is 1.66. The summed E-state index contributed by atoms with van der Waals surface area (Å²) in [5.41, 5.74) is 3.83. The first kappa shape index (κ1) is 18.3. The monoisotopic (exact) mass is 355 g/mol. The molecule has 1 saturated carbocycles. The minimum absolute atomic E-state index is 0.695. The molecule has 2 aromatic rings. The van der Waals surface area contributed by atoms with Crippen molar-refractivity contribution in [3.8, 4) is 16.9 Å². The summed E-state index contributed by atoms with van der Waals surface area (Å²) in [6.07, 6.45) is 11.0. The van der Waals surface area contributed by atoms with Crippen molar-refractivity contribution in [3.05, 3.63) is 59.5 Å². The van der Waals surface area contributed by atoms with Crippen LogP contribution in [0.4, 0.5) is 0 Å². The molecule has 0 aromatic heterocycles. The molecule has 0 atom stereocenters. The topological polar surface area (TPSA) is 9.23 Å². The summed E-state index contributed by atoms with van der Waals surface area (Å²) in [5.74, 6) is 1.51. The molecule has 0 bridgehead atoms. The maximum atomic E-state index is 6.42. The van der Waals surface area contributed by atoms with E-state index in [1.165, 1.54) is 49.7 Å². The van der Waals surface area contributed by atoms with Crippen molar-refractivity contribution in [2.24, 2.45) is 0 Å². The van der Waals surface area contributed by atoms with Crippen LogP contribution >= 0.6 is 11.6 Å². The van der Waals surface area contributed by atoms with Crippen LogP contribution in [0.3, 0.4) is 0 Å². The fraction of sp³-hybridized carbons (Fsp3) is 0.435. The molecule has 0 heterocycles. The zero-order chi connectivity index (χ0) is 17.5. The Hall–Kier alpha value is -1.47. The Morgan fingerprint density at radius 3 is 2.36 bits per heavy atom. The number of unbranched alkanes of at least 4 members (excludes halogenated alkanes) is 2. The highest BCUT2D eigenvalue weighted by molar-refractivity contribution is 6.32. The zero-order valence-electron chi connectivity index (χ0n) is 15.1. The summed E-state index contributed by atoms with van der Waals surface area (Å²) in [7, 11) is 0. The molecule has 1 radical (unpaired) electrons. The molecule has 0 spiro atoms. The van der Waals surface area contributed by atoms with Gasteiger partial charge in [0.15, 0.2) is 0 Å². The van der Waals surface area contributed by atoms with Gasteiger partial charge in [0.2, 0.25) is 0 Å². The van der Waals surface area contributed by atoms with Gasteiger partial charge in [-0.1, -0.05) is 61.7 Å². The predicted molar refractivity (Wildman–Crippen MR) is 107 cm³/mol. The van der Waals surface area contributed by atoms with E-state index in [-0.39, 0.29) is 0 Å². The molecular formula is C23H28ClO. The lowest BCUT2D eigenvalue weighted by atomic mass is 9.84. The minimum atomic E-state index is 0.695. The molecule has 1 aliphatic carbocycles. The van der Waals surface area contributed by atoms with Crippen molar-refractivity contribution in [3.63, 3.8) is 0 Å². The first-order valence-electron chi connectivity index (χ1n) is 9.62. The Bertz CT molecular complexity index is 656. The Kier molecular flexibility index (Phi) is 6.81. The van der Waals surface area contributed by atoms with Gasteiger partial charge in [-0.3, -0.25) is 0 Å². The van der Waals surface area contributed by atoms with E-state index in [0.29, 0.717) is 5.02 Å². The highest BCUT2D eigenvalue weighted by Gasteiger charge is 2.15. The van der Waals surface area contributed by atoms with Crippen molar-refractivity contribution in [2.75, 3.05) is 6.61 Å². The standard InChI is InChI=1S/C23H28ClO/c1-2-3-7-16-25-23-15-14-21(17-22(23)24)20-12-10-19(11-13-20)18-8-5-4-6-9-18/h4,10-15,17-18H,2-3,5-9,16H2,1H3. The summed E-state index contributed by atoms with van der Waals surface area (Å²) in [4.78, 5) is 0. The van der Waals surface area contributed by atoms with Crippen LogP contribution in [-0.2, 0) is 0 Å². The largest absolute Gasteiger partial charge is 0.492 e. The minimum Gasteiger partial charge on any atom is -0.492 e. The fourth-order valence-electron chi connectivity index (χ4n) is 3.54. The summed E-state index contributed by atoms with van der Waals surface area (Å²) in [6, 6.07) is 15.1. The summed E-state index contributed by atoms with van der Waals surface area (Å²) in [6.45, 7) is 2.93. The number of hydrogen-bond donors (Lipinski definition) is 0. The molecule has 1 nitrogen and oxygen atoms in total. The molecule has 3 rings (SSSR count). The first-order valence-corrected chi connectivity index (χ1v) is 10.00. The summed E-state index contributed by atoms with van der Waals surface area (Å²) in [5, 5.41) is 0.695. The van der Waals surface area contributed by atoms with Gasteiger partial charge in [-0.05, 0) is 73.3 Å². The third kappa shape index (κ3) is 5.01. The number of halogens is 1. The molecule has 133 valence electrons. The van der Waals surface area contributed by atoms with E-state index < -0.39 is 0 Å². The lowest BCUT2D eigenvalue weighted by molar-refractivity contribution is 0.306. The van der Waals surface area contributed by atoms with Gasteiger partial charge < -0.3 is 4.74 Å². The van der Waals surface area contributed by atoms with Crippen LogP contribution < -0.4 is 4.74 Å². The zero-order valence-corrected chi connectivity index (χ0v) is 15.9. The molecule has 1 fully saturated rings. The second-order valence-corrected chi connectivity index (χ2v) is 7.37. The van der Waals surface area contributed by atoms with E-state index in [9.17, 15) is 0 Å². The lowest BCUT2D eigenvalue weighted by Crippen LogP contribution is -2.04. The van der Waals surface area contributed by atoms with Crippen LogP contribution in [0.5, 0.6) is 5.75 Å². The molecule has 0 saturated heterocycles. The van der Waals surface area contributed by atoms with E-state index in [4.69, 9.17) is 16.3 Å². The van der Waals surface area contributed by atoms with Gasteiger partial charge in [-0.25, -0.2) is 0 Å². The van der Waals surface area contributed by atoms with Crippen LogP contribution in [-0.4, -0.2) is 6.61 Å². The first-order chi connectivity index (χ1) is 12.3. The highest BCUT2D eigenvalue weighted by atomic mass is 35.5. The second-order valence-electron chi connectivity index (χ2n) is 6.96. The highest BCUT2D eigenvalue weighted by Crippen LogP contribution is 2.34. The molecule has 2 aromatic carbocycles. The van der Waals surface area contributed by atoms with Gasteiger partial charge in [-0.2, -0.15) is 0 Å². The van der Waals surface area contributed by atoms with E-state index >= 15 is 0 Å². The average Bonchev–Trinajstić information content (AvgIpc) is 2.67. The number of rotatable bonds is 7. The van der Waals surface area contributed by atoms with Crippen LogP contribution in [0, 0.1) is 6.42 Å². The number of benzene rings is 2. The quantitative estimate of drug-likeness (QED) is 0.469. The molecular weight excluding hydrogens is 328 g/mol.